The molecule has 0 N–H and O–H groups in total. The number of piperazine rings is 1. The lowest BCUT2D eigenvalue weighted by atomic mass is 9.52. The minimum atomic E-state index is 0.578. The normalized spacial score (nSPS) is 38.2. The van der Waals surface area contributed by atoms with Gasteiger partial charge in [0.1, 0.15) is 5.75 Å². The van der Waals surface area contributed by atoms with Crippen LogP contribution in [-0.4, -0.2) is 53.6 Å². The van der Waals surface area contributed by atoms with Crippen LogP contribution in [0.1, 0.15) is 44.2 Å². The second-order valence-electron chi connectivity index (χ2n) is 9.09. The summed E-state index contributed by atoms with van der Waals surface area (Å²) in [5.74, 6) is 4.05. The molecule has 6 rings (SSSR count). The van der Waals surface area contributed by atoms with Crippen LogP contribution >= 0.6 is 0 Å². The maximum Gasteiger partial charge on any atom is 0.122 e. The number of hydrogen-bond acceptors (Lipinski definition) is 4. The molecule has 5 aliphatic rings. The van der Waals surface area contributed by atoms with E-state index in [0.717, 1.165) is 35.7 Å². The van der Waals surface area contributed by atoms with Gasteiger partial charge < -0.3 is 4.74 Å². The lowest BCUT2D eigenvalue weighted by molar-refractivity contribution is -0.102. The molecule has 1 saturated heterocycles. The molecule has 1 aromatic rings. The molecule has 4 bridgehead atoms. The van der Waals surface area contributed by atoms with Gasteiger partial charge in [-0.25, -0.2) is 0 Å². The average Bonchev–Trinajstić information content (AvgIpc) is 2.61. The summed E-state index contributed by atoms with van der Waals surface area (Å²) in [5, 5.41) is 0. The second kappa shape index (κ2) is 6.24. The van der Waals surface area contributed by atoms with Crippen molar-refractivity contribution in [1.82, 2.24) is 14.8 Å². The van der Waals surface area contributed by atoms with E-state index in [2.05, 4.69) is 20.9 Å². The second-order valence-corrected chi connectivity index (χ2v) is 9.09. The number of methoxy groups -OCH3 is 1. The molecule has 4 nitrogen and oxygen atoms in total. The Labute approximate surface area is 151 Å². The highest BCUT2D eigenvalue weighted by Gasteiger charge is 2.53. The van der Waals surface area contributed by atoms with E-state index < -0.39 is 0 Å². The molecule has 0 aromatic carbocycles. The van der Waals surface area contributed by atoms with Gasteiger partial charge in [0.2, 0.25) is 0 Å². The van der Waals surface area contributed by atoms with Crippen LogP contribution < -0.4 is 4.74 Å². The molecule has 0 radical (unpaired) electrons. The van der Waals surface area contributed by atoms with Gasteiger partial charge in [-0.2, -0.15) is 0 Å². The topological polar surface area (TPSA) is 28.6 Å². The van der Waals surface area contributed by atoms with E-state index >= 15 is 0 Å². The molecule has 0 spiro atoms. The molecule has 4 heteroatoms. The predicted octanol–water partition coefficient (Wildman–Crippen LogP) is 3.18. The molecule has 4 saturated carbocycles. The smallest absolute Gasteiger partial charge is 0.122 e. The Bertz CT molecular complexity index is 588. The molecule has 0 atom stereocenters. The van der Waals surface area contributed by atoms with Crippen molar-refractivity contribution < 1.29 is 4.74 Å². The van der Waals surface area contributed by atoms with Crippen molar-refractivity contribution in [2.75, 3.05) is 33.3 Å². The minimum absolute atomic E-state index is 0.578. The van der Waals surface area contributed by atoms with Crippen molar-refractivity contribution in [2.45, 2.75) is 50.6 Å². The van der Waals surface area contributed by atoms with Crippen LogP contribution in [0.15, 0.2) is 18.3 Å². The maximum atomic E-state index is 5.33. The van der Waals surface area contributed by atoms with Crippen molar-refractivity contribution in [1.29, 1.82) is 0 Å². The zero-order valence-electron chi connectivity index (χ0n) is 15.5. The van der Waals surface area contributed by atoms with Crippen LogP contribution in [0.4, 0.5) is 0 Å². The zero-order chi connectivity index (χ0) is 16.9. The van der Waals surface area contributed by atoms with Gasteiger partial charge >= 0.3 is 0 Å². The van der Waals surface area contributed by atoms with E-state index in [9.17, 15) is 0 Å². The molecule has 25 heavy (non-hydrogen) atoms. The monoisotopic (exact) mass is 341 g/mol. The van der Waals surface area contributed by atoms with Crippen molar-refractivity contribution in [2.24, 2.45) is 17.8 Å². The lowest BCUT2D eigenvalue weighted by Crippen LogP contribution is -2.63. The molecule has 136 valence electrons. The number of rotatable bonds is 4. The molecule has 1 aromatic heterocycles. The first-order chi connectivity index (χ1) is 12.2. The molecule has 0 unspecified atom stereocenters. The molecule has 0 amide bonds. The fourth-order valence-electron chi connectivity index (χ4n) is 6.73. The Morgan fingerprint density at radius 2 is 1.68 bits per heavy atom. The largest absolute Gasteiger partial charge is 0.497 e. The van der Waals surface area contributed by atoms with E-state index in [-0.39, 0.29) is 0 Å². The van der Waals surface area contributed by atoms with Crippen molar-refractivity contribution >= 4 is 0 Å². The van der Waals surface area contributed by atoms with Gasteiger partial charge in [0.05, 0.1) is 12.8 Å². The molecule has 5 fully saturated rings. The van der Waals surface area contributed by atoms with Crippen molar-refractivity contribution in [3.8, 4) is 5.75 Å². The number of hydrogen-bond donors (Lipinski definition) is 0. The first-order valence-corrected chi connectivity index (χ1v) is 10.2. The van der Waals surface area contributed by atoms with Gasteiger partial charge in [-0.1, -0.05) is 0 Å². The van der Waals surface area contributed by atoms with Crippen LogP contribution in [0.5, 0.6) is 5.75 Å². The molecular weight excluding hydrogens is 310 g/mol. The fourth-order valence-corrected chi connectivity index (χ4v) is 6.73. The SMILES string of the molecule is COc1ccnc(CN2CCN(C34CC5CC(CC(C5)C3)C4)CC2)c1. The zero-order valence-corrected chi connectivity index (χ0v) is 15.5. The van der Waals surface area contributed by atoms with Crippen LogP contribution in [0, 0.1) is 17.8 Å². The first-order valence-electron chi connectivity index (χ1n) is 10.2. The van der Waals surface area contributed by atoms with Crippen LogP contribution in [-0.2, 0) is 6.54 Å². The molecule has 1 aliphatic heterocycles. The summed E-state index contributed by atoms with van der Waals surface area (Å²) in [5.41, 5.74) is 1.71. The quantitative estimate of drug-likeness (QED) is 0.841. The van der Waals surface area contributed by atoms with E-state index in [1.165, 1.54) is 45.4 Å². The first kappa shape index (κ1) is 16.1. The van der Waals surface area contributed by atoms with Crippen LogP contribution in [0.25, 0.3) is 0 Å². The summed E-state index contributed by atoms with van der Waals surface area (Å²) >= 11 is 0. The molecule has 2 heterocycles. The van der Waals surface area contributed by atoms with Gasteiger partial charge in [-0.05, 0) is 62.3 Å². The summed E-state index contributed by atoms with van der Waals surface area (Å²) in [6.45, 7) is 5.81. The number of ether oxygens (including phenoxy) is 1. The van der Waals surface area contributed by atoms with Gasteiger partial charge in [-0.15, -0.1) is 0 Å². The van der Waals surface area contributed by atoms with Gasteiger partial charge in [0.25, 0.3) is 0 Å². The Morgan fingerprint density at radius 1 is 1.04 bits per heavy atom. The highest BCUT2D eigenvalue weighted by atomic mass is 16.5. The number of aromatic nitrogens is 1. The minimum Gasteiger partial charge on any atom is -0.497 e. The van der Waals surface area contributed by atoms with Crippen LogP contribution in [0.3, 0.4) is 0 Å². The molecule has 4 aliphatic carbocycles. The fraction of sp³-hybridized carbons (Fsp3) is 0.762. The van der Waals surface area contributed by atoms with E-state index in [1.807, 2.05) is 12.3 Å². The highest BCUT2D eigenvalue weighted by Crippen LogP contribution is 2.57. The highest BCUT2D eigenvalue weighted by molar-refractivity contribution is 5.22. The Balaban J connectivity index is 1.21. The maximum absolute atomic E-state index is 5.33. The van der Waals surface area contributed by atoms with E-state index in [0.29, 0.717) is 5.54 Å². The summed E-state index contributed by atoms with van der Waals surface area (Å²) < 4.78 is 5.33. The summed E-state index contributed by atoms with van der Waals surface area (Å²) in [6, 6.07) is 4.00. The van der Waals surface area contributed by atoms with Crippen molar-refractivity contribution in [3.63, 3.8) is 0 Å². The lowest BCUT2D eigenvalue weighted by Gasteiger charge is -2.61. The standard InChI is InChI=1S/C21H31N3O/c1-25-20-2-3-22-19(11-20)15-23-4-6-24(7-5-23)21-12-16-8-17(13-21)10-18(9-16)14-21/h2-3,11,16-18H,4-10,12-15H2,1H3. The third-order valence-electron chi connectivity index (χ3n) is 7.46. The van der Waals surface area contributed by atoms with Gasteiger partial charge in [-0.3, -0.25) is 14.8 Å². The summed E-state index contributed by atoms with van der Waals surface area (Å²) in [4.78, 5) is 9.98. The third kappa shape index (κ3) is 2.97. The summed E-state index contributed by atoms with van der Waals surface area (Å²) in [6.07, 6.45) is 11.0. The van der Waals surface area contributed by atoms with Crippen molar-refractivity contribution in [3.05, 3.63) is 24.0 Å². The Kier molecular flexibility index (Phi) is 4.01. The predicted molar refractivity (Wildman–Crippen MR) is 98.5 cm³/mol. The number of pyridine rings is 1. The Morgan fingerprint density at radius 3 is 2.28 bits per heavy atom. The van der Waals surface area contributed by atoms with E-state index in [1.54, 1.807) is 26.4 Å². The van der Waals surface area contributed by atoms with Crippen LogP contribution in [0.2, 0.25) is 0 Å². The third-order valence-corrected chi connectivity index (χ3v) is 7.46. The number of nitrogens with zero attached hydrogens (tertiary/aromatic N) is 3. The van der Waals surface area contributed by atoms with Gasteiger partial charge in [0, 0.05) is 50.5 Å². The van der Waals surface area contributed by atoms with E-state index in [4.69, 9.17) is 4.74 Å². The summed E-state index contributed by atoms with van der Waals surface area (Å²) in [7, 11) is 1.73. The molecular formula is C21H31N3O. The Hall–Kier alpha value is -1.13. The average molecular weight is 341 g/mol. The van der Waals surface area contributed by atoms with Gasteiger partial charge in [0.15, 0.2) is 0 Å².